The third-order valence-corrected chi connectivity index (χ3v) is 5.08. The lowest BCUT2D eigenvalue weighted by molar-refractivity contribution is -0.121. The average molecular weight is 339 g/mol. The van der Waals surface area contributed by atoms with Crippen LogP contribution in [0.4, 0.5) is 0 Å². The molecule has 0 radical (unpaired) electrons. The predicted octanol–water partition coefficient (Wildman–Crippen LogP) is 1.71. The molecule has 2 aliphatic heterocycles. The predicted molar refractivity (Wildman–Crippen MR) is 93.2 cm³/mol. The number of hydrogen-bond acceptors (Lipinski definition) is 5. The van der Waals surface area contributed by atoms with Gasteiger partial charge in [0, 0.05) is 11.5 Å². The van der Waals surface area contributed by atoms with Crippen LogP contribution in [-0.2, 0) is 4.79 Å². The smallest absolute Gasteiger partial charge is 0.239 e. The highest BCUT2D eigenvalue weighted by Gasteiger charge is 2.51. The summed E-state index contributed by atoms with van der Waals surface area (Å²) in [6.45, 7) is 0. The fourth-order valence-corrected chi connectivity index (χ4v) is 3.85. The standard InChI is InChI=1S/C19H21N3O3/c1-24-12-9-7-11(8-10-12)16-15-17(20-19(23)18(15)22-21-16)13-5-3-4-6-14(13)25-2/h3-10,15-18,21-22H,1-2H3,(H,20,23). The van der Waals surface area contributed by atoms with Crippen LogP contribution in [-0.4, -0.2) is 26.2 Å². The Hall–Kier alpha value is -2.57. The lowest BCUT2D eigenvalue weighted by Crippen LogP contribution is -2.39. The van der Waals surface area contributed by atoms with Crippen molar-refractivity contribution in [2.45, 2.75) is 18.1 Å². The first-order valence-electron chi connectivity index (χ1n) is 8.31. The lowest BCUT2D eigenvalue weighted by atomic mass is 9.83. The van der Waals surface area contributed by atoms with Gasteiger partial charge in [0.15, 0.2) is 0 Å². The molecule has 25 heavy (non-hydrogen) atoms. The van der Waals surface area contributed by atoms with E-state index in [1.54, 1.807) is 14.2 Å². The van der Waals surface area contributed by atoms with Gasteiger partial charge in [-0.3, -0.25) is 4.79 Å². The second-order valence-corrected chi connectivity index (χ2v) is 6.32. The van der Waals surface area contributed by atoms with Gasteiger partial charge in [0.25, 0.3) is 0 Å². The zero-order valence-corrected chi connectivity index (χ0v) is 14.2. The van der Waals surface area contributed by atoms with E-state index in [9.17, 15) is 4.79 Å². The highest BCUT2D eigenvalue weighted by molar-refractivity contribution is 5.86. The minimum Gasteiger partial charge on any atom is -0.497 e. The van der Waals surface area contributed by atoms with Crippen molar-refractivity contribution >= 4 is 5.91 Å². The Morgan fingerprint density at radius 1 is 0.840 bits per heavy atom. The Bertz CT molecular complexity index is 778. The number of para-hydroxylation sites is 1. The number of carbonyl (C=O) groups excluding carboxylic acids is 1. The van der Waals surface area contributed by atoms with Crippen molar-refractivity contribution < 1.29 is 14.3 Å². The topological polar surface area (TPSA) is 71.6 Å². The SMILES string of the molecule is COc1ccc(C2NNC3C(=O)NC(c4ccccc4OC)C32)cc1. The van der Waals surface area contributed by atoms with Gasteiger partial charge >= 0.3 is 0 Å². The monoisotopic (exact) mass is 339 g/mol. The molecule has 0 bridgehead atoms. The van der Waals surface area contributed by atoms with Gasteiger partial charge in [-0.15, -0.1) is 0 Å². The Labute approximate surface area is 146 Å². The van der Waals surface area contributed by atoms with Crippen molar-refractivity contribution in [1.29, 1.82) is 0 Å². The Balaban J connectivity index is 1.70. The van der Waals surface area contributed by atoms with Crippen LogP contribution in [0.1, 0.15) is 23.2 Å². The molecular weight excluding hydrogens is 318 g/mol. The van der Waals surface area contributed by atoms with Gasteiger partial charge in [-0.1, -0.05) is 30.3 Å². The second-order valence-electron chi connectivity index (χ2n) is 6.32. The molecule has 4 unspecified atom stereocenters. The molecule has 2 fully saturated rings. The van der Waals surface area contributed by atoms with Crippen LogP contribution in [0.5, 0.6) is 11.5 Å². The van der Waals surface area contributed by atoms with Gasteiger partial charge in [-0.05, 0) is 23.8 Å². The van der Waals surface area contributed by atoms with Gasteiger partial charge in [0.05, 0.1) is 26.3 Å². The van der Waals surface area contributed by atoms with Gasteiger partial charge in [0.2, 0.25) is 5.91 Å². The first-order chi connectivity index (χ1) is 12.2. The van der Waals surface area contributed by atoms with E-state index >= 15 is 0 Å². The van der Waals surface area contributed by atoms with Crippen molar-refractivity contribution in [1.82, 2.24) is 16.2 Å². The largest absolute Gasteiger partial charge is 0.497 e. The van der Waals surface area contributed by atoms with E-state index in [1.807, 2.05) is 48.5 Å². The van der Waals surface area contributed by atoms with Crippen LogP contribution in [0.15, 0.2) is 48.5 Å². The fourth-order valence-electron chi connectivity index (χ4n) is 3.85. The highest BCUT2D eigenvalue weighted by Crippen LogP contribution is 2.44. The summed E-state index contributed by atoms with van der Waals surface area (Å²) in [7, 11) is 3.30. The fraction of sp³-hybridized carbons (Fsp3) is 0.316. The summed E-state index contributed by atoms with van der Waals surface area (Å²) in [6, 6.07) is 15.4. The Morgan fingerprint density at radius 3 is 2.28 bits per heavy atom. The van der Waals surface area contributed by atoms with Crippen LogP contribution in [0.3, 0.4) is 0 Å². The molecule has 6 nitrogen and oxygen atoms in total. The molecule has 2 aromatic carbocycles. The van der Waals surface area contributed by atoms with E-state index < -0.39 is 0 Å². The summed E-state index contributed by atoms with van der Waals surface area (Å²) in [6.07, 6.45) is 0. The zero-order valence-electron chi connectivity index (χ0n) is 14.2. The third-order valence-electron chi connectivity index (χ3n) is 5.08. The van der Waals surface area contributed by atoms with Crippen molar-refractivity contribution in [3.05, 3.63) is 59.7 Å². The number of amides is 1. The van der Waals surface area contributed by atoms with E-state index in [4.69, 9.17) is 9.47 Å². The Morgan fingerprint density at radius 2 is 1.56 bits per heavy atom. The molecule has 0 aliphatic carbocycles. The quantitative estimate of drug-likeness (QED) is 0.791. The maximum absolute atomic E-state index is 12.4. The number of hydrazine groups is 1. The normalized spacial score (nSPS) is 27.7. The van der Waals surface area contributed by atoms with E-state index in [1.165, 1.54) is 0 Å². The highest BCUT2D eigenvalue weighted by atomic mass is 16.5. The molecule has 6 heteroatoms. The number of rotatable bonds is 4. The zero-order chi connectivity index (χ0) is 17.4. The maximum atomic E-state index is 12.4. The maximum Gasteiger partial charge on any atom is 0.239 e. The number of fused-ring (bicyclic) bond motifs is 1. The first kappa shape index (κ1) is 15.9. The van der Waals surface area contributed by atoms with Crippen molar-refractivity contribution in [3.8, 4) is 11.5 Å². The molecule has 2 aromatic rings. The molecule has 130 valence electrons. The van der Waals surface area contributed by atoms with Gasteiger partial charge < -0.3 is 14.8 Å². The Kier molecular flexibility index (Phi) is 4.07. The van der Waals surface area contributed by atoms with Crippen molar-refractivity contribution in [2.75, 3.05) is 14.2 Å². The molecule has 0 saturated carbocycles. The molecule has 2 aliphatic rings. The molecule has 2 heterocycles. The average Bonchev–Trinajstić information content (AvgIpc) is 3.23. The molecule has 2 saturated heterocycles. The molecule has 3 N–H and O–H groups in total. The minimum atomic E-state index is -0.276. The minimum absolute atomic E-state index is 0.00409. The van der Waals surface area contributed by atoms with Gasteiger partial charge in [-0.25, -0.2) is 10.9 Å². The second kappa shape index (κ2) is 6.38. The summed E-state index contributed by atoms with van der Waals surface area (Å²) in [5.74, 6) is 1.64. The van der Waals surface area contributed by atoms with Crippen LogP contribution in [0.25, 0.3) is 0 Å². The summed E-state index contributed by atoms with van der Waals surface area (Å²) >= 11 is 0. The van der Waals surface area contributed by atoms with Crippen LogP contribution in [0.2, 0.25) is 0 Å². The number of nitrogens with one attached hydrogen (secondary N) is 3. The first-order valence-corrected chi connectivity index (χ1v) is 8.31. The van der Waals surface area contributed by atoms with E-state index in [2.05, 4.69) is 16.2 Å². The number of methoxy groups -OCH3 is 2. The van der Waals surface area contributed by atoms with Gasteiger partial charge in [-0.2, -0.15) is 0 Å². The number of ether oxygens (including phenoxy) is 2. The van der Waals surface area contributed by atoms with Crippen LogP contribution >= 0.6 is 0 Å². The molecule has 4 atom stereocenters. The van der Waals surface area contributed by atoms with E-state index in [-0.39, 0.29) is 30.0 Å². The van der Waals surface area contributed by atoms with Gasteiger partial charge in [0.1, 0.15) is 17.5 Å². The summed E-state index contributed by atoms with van der Waals surface area (Å²) in [4.78, 5) is 12.4. The molecule has 0 spiro atoms. The van der Waals surface area contributed by atoms with Crippen molar-refractivity contribution in [3.63, 3.8) is 0 Å². The number of hydrogen-bond donors (Lipinski definition) is 3. The number of carbonyl (C=O) groups is 1. The molecule has 1 amide bonds. The molecular formula is C19H21N3O3. The van der Waals surface area contributed by atoms with Crippen LogP contribution in [0, 0.1) is 5.92 Å². The van der Waals surface area contributed by atoms with E-state index in [0.29, 0.717) is 0 Å². The third kappa shape index (κ3) is 2.63. The number of benzene rings is 2. The van der Waals surface area contributed by atoms with Crippen molar-refractivity contribution in [2.24, 2.45) is 5.92 Å². The molecule has 4 rings (SSSR count). The van der Waals surface area contributed by atoms with Crippen LogP contribution < -0.4 is 25.6 Å². The summed E-state index contributed by atoms with van der Waals surface area (Å²) < 4.78 is 10.7. The summed E-state index contributed by atoms with van der Waals surface area (Å²) in [5.41, 5.74) is 8.54. The summed E-state index contributed by atoms with van der Waals surface area (Å²) in [5, 5.41) is 3.12. The lowest BCUT2D eigenvalue weighted by Gasteiger charge is -2.25. The molecule has 0 aromatic heterocycles. The van der Waals surface area contributed by atoms with E-state index in [0.717, 1.165) is 22.6 Å².